The first-order valence-electron chi connectivity index (χ1n) is 8.73. The van der Waals surface area contributed by atoms with Gasteiger partial charge in [0.25, 0.3) is 0 Å². The molecule has 142 valence electrons. The zero-order valence-electron chi connectivity index (χ0n) is 14.9. The number of ether oxygens (including phenoxy) is 1. The molecule has 0 saturated heterocycles. The van der Waals surface area contributed by atoms with Gasteiger partial charge in [0.2, 0.25) is 0 Å². The summed E-state index contributed by atoms with van der Waals surface area (Å²) >= 11 is -0.111. The minimum Gasteiger partial charge on any atom is -0.492 e. The van der Waals surface area contributed by atoms with Gasteiger partial charge in [0.1, 0.15) is 12.4 Å². The second-order valence-corrected chi connectivity index (χ2v) is 7.85. The van der Waals surface area contributed by atoms with Crippen molar-refractivity contribution in [3.63, 3.8) is 0 Å². The third-order valence-electron chi connectivity index (χ3n) is 4.01. The molecule has 0 saturated carbocycles. The monoisotopic (exact) mass is 402 g/mol. The zero-order chi connectivity index (χ0) is 18.9. The van der Waals surface area contributed by atoms with Crippen molar-refractivity contribution < 1.29 is 13.5 Å². The molecule has 1 unspecified atom stereocenters. The van der Waals surface area contributed by atoms with E-state index < -0.39 is 11.1 Å². The van der Waals surface area contributed by atoms with Crippen molar-refractivity contribution in [2.24, 2.45) is 0 Å². The number of benzene rings is 2. The maximum absolute atomic E-state index is 10.7. The van der Waals surface area contributed by atoms with Crippen LogP contribution in [0.3, 0.4) is 0 Å². The number of hydrogen-bond acceptors (Lipinski definition) is 5. The quantitative estimate of drug-likeness (QED) is 0.505. The van der Waals surface area contributed by atoms with Crippen LogP contribution < -0.4 is 9.64 Å². The van der Waals surface area contributed by atoms with Gasteiger partial charge in [-0.15, -0.1) is 11.3 Å². The number of thiazole rings is 1. The number of aryl methyl sites for hydroxylation is 1. The van der Waals surface area contributed by atoms with Crippen molar-refractivity contribution >= 4 is 33.2 Å². The Morgan fingerprint density at radius 1 is 1.11 bits per heavy atom. The summed E-state index contributed by atoms with van der Waals surface area (Å²) in [6.07, 6.45) is 3.30. The van der Waals surface area contributed by atoms with Gasteiger partial charge in [-0.3, -0.25) is 0 Å². The van der Waals surface area contributed by atoms with Crippen molar-refractivity contribution in [1.29, 1.82) is 0 Å². The lowest BCUT2D eigenvalue weighted by atomic mass is 10.1. The highest BCUT2D eigenvalue weighted by Gasteiger charge is 2.11. The van der Waals surface area contributed by atoms with Gasteiger partial charge < -0.3 is 14.2 Å². The van der Waals surface area contributed by atoms with Crippen molar-refractivity contribution in [2.75, 3.05) is 23.8 Å². The molecule has 0 aliphatic carbocycles. The van der Waals surface area contributed by atoms with E-state index >= 15 is 0 Å². The van der Waals surface area contributed by atoms with E-state index in [2.05, 4.69) is 22.0 Å². The second-order valence-electron chi connectivity index (χ2n) is 5.92. The molecular formula is C20H22N2O3S2. The van der Waals surface area contributed by atoms with Gasteiger partial charge in [0.05, 0.1) is 6.54 Å². The van der Waals surface area contributed by atoms with Gasteiger partial charge in [-0.1, -0.05) is 30.3 Å². The summed E-state index contributed by atoms with van der Waals surface area (Å²) in [5.41, 5.74) is 2.23. The lowest BCUT2D eigenvalue weighted by Gasteiger charge is -2.22. The van der Waals surface area contributed by atoms with Crippen LogP contribution in [0.1, 0.15) is 12.0 Å². The summed E-state index contributed by atoms with van der Waals surface area (Å²) in [5, 5.41) is 2.92. The summed E-state index contributed by atoms with van der Waals surface area (Å²) in [5.74, 6) is 1.13. The second kappa shape index (κ2) is 10.2. The minimum absolute atomic E-state index is 0.310. The molecule has 3 rings (SSSR count). The number of para-hydroxylation sites is 1. The molecule has 0 radical (unpaired) electrons. The molecule has 0 aliphatic rings. The normalized spacial score (nSPS) is 11.9. The van der Waals surface area contributed by atoms with E-state index in [9.17, 15) is 4.21 Å². The molecule has 0 amide bonds. The first-order chi connectivity index (χ1) is 13.2. The number of rotatable bonds is 10. The predicted octanol–water partition coefficient (Wildman–Crippen LogP) is 4.51. The summed E-state index contributed by atoms with van der Waals surface area (Å²) in [6, 6.07) is 18.1. The Morgan fingerprint density at radius 3 is 2.56 bits per heavy atom. The molecule has 0 spiro atoms. The van der Waals surface area contributed by atoms with E-state index in [1.165, 1.54) is 0 Å². The van der Waals surface area contributed by atoms with Gasteiger partial charge >= 0.3 is 0 Å². The van der Waals surface area contributed by atoms with Crippen LogP contribution in [0.15, 0.2) is 66.2 Å². The molecule has 1 aromatic heterocycles. The number of anilines is 2. The smallest absolute Gasteiger partial charge is 0.189 e. The fourth-order valence-electron chi connectivity index (χ4n) is 2.70. The third kappa shape index (κ3) is 6.16. The van der Waals surface area contributed by atoms with E-state index in [-0.39, 0.29) is 0 Å². The van der Waals surface area contributed by atoms with Crippen LogP contribution in [0.25, 0.3) is 0 Å². The Hall–Kier alpha value is -2.22. The summed E-state index contributed by atoms with van der Waals surface area (Å²) < 4.78 is 25.4. The van der Waals surface area contributed by atoms with Crippen LogP contribution in [0, 0.1) is 0 Å². The molecule has 1 heterocycles. The molecule has 0 fully saturated rings. The van der Waals surface area contributed by atoms with Gasteiger partial charge in [-0.05, 0) is 42.7 Å². The lowest BCUT2D eigenvalue weighted by Crippen LogP contribution is -2.23. The largest absolute Gasteiger partial charge is 0.492 e. The van der Waals surface area contributed by atoms with Gasteiger partial charge in [-0.25, -0.2) is 9.19 Å². The highest BCUT2D eigenvalue weighted by molar-refractivity contribution is 7.79. The summed E-state index contributed by atoms with van der Waals surface area (Å²) in [7, 11) is 0. The SMILES string of the molecule is O=S(O)CCCc1ccc(OCCN(c2ccccc2)c2nccs2)cc1. The Morgan fingerprint density at radius 2 is 1.89 bits per heavy atom. The van der Waals surface area contributed by atoms with Crippen molar-refractivity contribution in [2.45, 2.75) is 12.8 Å². The van der Waals surface area contributed by atoms with Crippen LogP contribution >= 0.6 is 11.3 Å². The van der Waals surface area contributed by atoms with Crippen molar-refractivity contribution in [1.82, 2.24) is 4.98 Å². The van der Waals surface area contributed by atoms with Crippen LogP contribution in [0.5, 0.6) is 5.75 Å². The van der Waals surface area contributed by atoms with Crippen molar-refractivity contribution in [3.8, 4) is 5.75 Å². The van der Waals surface area contributed by atoms with Crippen LogP contribution in [0.4, 0.5) is 10.8 Å². The Bertz CT molecular complexity index is 824. The van der Waals surface area contributed by atoms with Crippen LogP contribution in [-0.4, -0.2) is 32.7 Å². The molecule has 27 heavy (non-hydrogen) atoms. The summed E-state index contributed by atoms with van der Waals surface area (Å²) in [6.45, 7) is 1.24. The third-order valence-corrected chi connectivity index (χ3v) is 5.44. The van der Waals surface area contributed by atoms with E-state index in [0.717, 1.165) is 28.6 Å². The van der Waals surface area contributed by atoms with Gasteiger partial charge in [-0.2, -0.15) is 0 Å². The highest BCUT2D eigenvalue weighted by atomic mass is 32.2. The van der Waals surface area contributed by atoms with E-state index in [0.29, 0.717) is 25.3 Å². The Balaban J connectivity index is 1.53. The van der Waals surface area contributed by atoms with Crippen molar-refractivity contribution in [3.05, 3.63) is 71.7 Å². The first kappa shape index (κ1) is 19.5. The fraction of sp³-hybridized carbons (Fsp3) is 0.250. The van der Waals surface area contributed by atoms with Gasteiger partial charge in [0, 0.05) is 23.0 Å². The van der Waals surface area contributed by atoms with Gasteiger partial charge in [0.15, 0.2) is 16.2 Å². The maximum Gasteiger partial charge on any atom is 0.189 e. The summed E-state index contributed by atoms with van der Waals surface area (Å²) in [4.78, 5) is 6.57. The number of nitrogens with zero attached hydrogens (tertiary/aromatic N) is 2. The maximum atomic E-state index is 10.7. The fourth-order valence-corrected chi connectivity index (χ4v) is 3.78. The zero-order valence-corrected chi connectivity index (χ0v) is 16.5. The number of aromatic nitrogens is 1. The minimum atomic E-state index is -1.71. The molecular weight excluding hydrogens is 380 g/mol. The molecule has 5 nitrogen and oxygen atoms in total. The highest BCUT2D eigenvalue weighted by Crippen LogP contribution is 2.26. The van der Waals surface area contributed by atoms with E-state index in [4.69, 9.17) is 9.29 Å². The first-order valence-corrected chi connectivity index (χ1v) is 10.9. The Kier molecular flexibility index (Phi) is 7.38. The lowest BCUT2D eigenvalue weighted by molar-refractivity contribution is 0.327. The molecule has 0 aliphatic heterocycles. The molecule has 2 aromatic carbocycles. The van der Waals surface area contributed by atoms with E-state index in [1.54, 1.807) is 11.3 Å². The predicted molar refractivity (Wildman–Crippen MR) is 111 cm³/mol. The van der Waals surface area contributed by atoms with E-state index in [1.807, 2.05) is 54.0 Å². The molecule has 3 aromatic rings. The number of hydrogen-bond donors (Lipinski definition) is 1. The average Bonchev–Trinajstić information content (AvgIpc) is 3.21. The Labute approximate surface area is 165 Å². The molecule has 1 N–H and O–H groups in total. The molecule has 1 atom stereocenters. The van der Waals surface area contributed by atoms with Crippen LogP contribution in [0.2, 0.25) is 0 Å². The molecule has 0 bridgehead atoms. The standard InChI is InChI=1S/C20H22N2O3S2/c23-27(24)16-4-5-17-8-10-19(11-9-17)25-14-13-22(20-21-12-15-26-20)18-6-2-1-3-7-18/h1-3,6-12,15H,4-5,13-14,16H2,(H,23,24). The average molecular weight is 403 g/mol. The topological polar surface area (TPSA) is 62.7 Å². The van der Waals surface area contributed by atoms with Crippen LogP contribution in [-0.2, 0) is 17.5 Å². The molecule has 7 heteroatoms.